The first-order chi connectivity index (χ1) is 17.9. The van der Waals surface area contributed by atoms with Crippen LogP contribution in [0.4, 0.5) is 5.82 Å². The van der Waals surface area contributed by atoms with Gasteiger partial charge < -0.3 is 10.0 Å². The van der Waals surface area contributed by atoms with E-state index in [-0.39, 0.29) is 22.8 Å². The summed E-state index contributed by atoms with van der Waals surface area (Å²) in [5, 5.41) is 21.6. The van der Waals surface area contributed by atoms with E-state index in [4.69, 9.17) is 11.6 Å². The quantitative estimate of drug-likeness (QED) is 0.376. The van der Waals surface area contributed by atoms with E-state index in [1.807, 2.05) is 55.6 Å². The van der Waals surface area contributed by atoms with E-state index in [1.54, 1.807) is 17.1 Å². The minimum absolute atomic E-state index is 0.00130. The van der Waals surface area contributed by atoms with Crippen molar-refractivity contribution in [1.29, 1.82) is 5.26 Å². The molecular weight excluding hydrogens is 488 g/mol. The summed E-state index contributed by atoms with van der Waals surface area (Å²) in [6.07, 6.45) is 5.42. The van der Waals surface area contributed by atoms with Crippen molar-refractivity contribution in [2.75, 3.05) is 18.6 Å². The monoisotopic (exact) mass is 518 g/mol. The van der Waals surface area contributed by atoms with Crippen LogP contribution in [-0.4, -0.2) is 45.5 Å². The van der Waals surface area contributed by atoms with Crippen LogP contribution in [0.5, 0.6) is 0 Å². The normalized spacial score (nSPS) is 14.4. The molecule has 1 aliphatic carbocycles. The number of aromatic nitrogens is 2. The highest BCUT2D eigenvalue weighted by atomic mass is 35.5. The van der Waals surface area contributed by atoms with E-state index in [2.05, 4.69) is 20.3 Å². The lowest BCUT2D eigenvalue weighted by Crippen LogP contribution is -2.48. The molecule has 0 aliphatic heterocycles. The third-order valence-electron chi connectivity index (χ3n) is 6.60. The van der Waals surface area contributed by atoms with Gasteiger partial charge >= 0.3 is 0 Å². The minimum Gasteiger partial charge on any atom is -0.388 e. The van der Waals surface area contributed by atoms with Crippen molar-refractivity contribution in [2.24, 2.45) is 0 Å². The molecule has 9 heteroatoms. The fourth-order valence-corrected chi connectivity index (χ4v) is 4.75. The second-order valence-corrected chi connectivity index (χ2v) is 9.78. The molecule has 8 nitrogen and oxygen atoms in total. The summed E-state index contributed by atoms with van der Waals surface area (Å²) in [5.41, 5.74) is 5.47. The Morgan fingerprint density at radius 1 is 1.19 bits per heavy atom. The molecule has 4 rings (SSSR count). The van der Waals surface area contributed by atoms with E-state index < -0.39 is 6.10 Å². The third-order valence-corrected chi connectivity index (χ3v) is 6.87. The number of hydrogen-bond acceptors (Lipinski definition) is 7. The molecule has 1 fully saturated rings. The SMILES string of the molecule is CN(CCC(O)c1ccccc1)Cc1ccc(C(=O)NN(c2nc(C#N)ncc2Cl)C2CCCC2)cc1. The molecule has 3 aromatic rings. The van der Waals surface area contributed by atoms with Crippen LogP contribution in [0.1, 0.15) is 65.5 Å². The number of nitrogens with one attached hydrogen (secondary N) is 1. The van der Waals surface area contributed by atoms with Crippen molar-refractivity contribution in [3.63, 3.8) is 0 Å². The highest BCUT2D eigenvalue weighted by Crippen LogP contribution is 2.30. The number of amides is 1. The molecule has 0 saturated heterocycles. The number of hydrogen-bond donors (Lipinski definition) is 2. The molecule has 1 aliphatic rings. The number of aliphatic hydroxyl groups excluding tert-OH is 1. The minimum atomic E-state index is -0.495. The molecule has 1 atom stereocenters. The molecular formula is C28H31ClN6O2. The Morgan fingerprint density at radius 2 is 1.89 bits per heavy atom. The van der Waals surface area contributed by atoms with Crippen LogP contribution in [-0.2, 0) is 6.54 Å². The van der Waals surface area contributed by atoms with Gasteiger partial charge in [-0.3, -0.25) is 15.2 Å². The number of hydrazine groups is 1. The number of carbonyl (C=O) groups is 1. The van der Waals surface area contributed by atoms with Gasteiger partial charge in [0.05, 0.1) is 18.3 Å². The van der Waals surface area contributed by atoms with E-state index in [1.165, 1.54) is 6.20 Å². The van der Waals surface area contributed by atoms with Crippen LogP contribution in [0.25, 0.3) is 0 Å². The number of halogens is 1. The zero-order valence-corrected chi connectivity index (χ0v) is 21.6. The molecule has 0 bridgehead atoms. The number of aliphatic hydroxyl groups is 1. The Balaban J connectivity index is 1.37. The first kappa shape index (κ1) is 26.6. The maximum Gasteiger partial charge on any atom is 0.269 e. The molecule has 1 unspecified atom stereocenters. The molecule has 2 aromatic carbocycles. The number of anilines is 1. The van der Waals surface area contributed by atoms with Gasteiger partial charge in [0.2, 0.25) is 5.82 Å². The Bertz CT molecular complexity index is 1230. The smallest absolute Gasteiger partial charge is 0.269 e. The number of nitrogens with zero attached hydrogens (tertiary/aromatic N) is 5. The maximum atomic E-state index is 13.2. The predicted molar refractivity (Wildman–Crippen MR) is 143 cm³/mol. The van der Waals surface area contributed by atoms with Gasteiger partial charge in [0, 0.05) is 18.7 Å². The van der Waals surface area contributed by atoms with Crippen LogP contribution >= 0.6 is 11.6 Å². The van der Waals surface area contributed by atoms with Crippen molar-refractivity contribution in [1.82, 2.24) is 20.3 Å². The Kier molecular flexibility index (Phi) is 9.07. The van der Waals surface area contributed by atoms with Crippen molar-refractivity contribution in [3.05, 3.63) is 88.3 Å². The molecule has 1 amide bonds. The van der Waals surface area contributed by atoms with Crippen LogP contribution in [0.2, 0.25) is 5.02 Å². The summed E-state index contributed by atoms with van der Waals surface area (Å²) in [5.74, 6) is 0.0665. The van der Waals surface area contributed by atoms with Gasteiger partial charge in [-0.1, -0.05) is 66.9 Å². The average Bonchev–Trinajstić information content (AvgIpc) is 3.46. The lowest BCUT2D eigenvalue weighted by Gasteiger charge is -2.30. The van der Waals surface area contributed by atoms with E-state index in [0.29, 0.717) is 24.3 Å². The number of rotatable bonds is 10. The molecule has 2 N–H and O–H groups in total. The van der Waals surface area contributed by atoms with Crippen molar-refractivity contribution < 1.29 is 9.90 Å². The van der Waals surface area contributed by atoms with E-state index in [0.717, 1.165) is 43.4 Å². The molecule has 1 saturated carbocycles. The summed E-state index contributed by atoms with van der Waals surface area (Å²) >= 11 is 6.36. The predicted octanol–water partition coefficient (Wildman–Crippen LogP) is 4.65. The van der Waals surface area contributed by atoms with Gasteiger partial charge in [0.25, 0.3) is 5.91 Å². The van der Waals surface area contributed by atoms with Gasteiger partial charge in [0.15, 0.2) is 5.82 Å². The second-order valence-electron chi connectivity index (χ2n) is 9.38. The molecule has 37 heavy (non-hydrogen) atoms. The zero-order chi connectivity index (χ0) is 26.2. The summed E-state index contributed by atoms with van der Waals surface area (Å²) in [6, 6.07) is 19.1. The van der Waals surface area contributed by atoms with Crippen LogP contribution < -0.4 is 10.4 Å². The molecule has 192 valence electrons. The second kappa shape index (κ2) is 12.6. The number of nitriles is 1. The molecule has 0 radical (unpaired) electrons. The third kappa shape index (κ3) is 7.04. The lowest BCUT2D eigenvalue weighted by molar-refractivity contribution is 0.0943. The summed E-state index contributed by atoms with van der Waals surface area (Å²) in [4.78, 5) is 23.5. The maximum absolute atomic E-state index is 13.2. The summed E-state index contributed by atoms with van der Waals surface area (Å²) in [6.45, 7) is 1.43. The van der Waals surface area contributed by atoms with Crippen molar-refractivity contribution in [3.8, 4) is 6.07 Å². The van der Waals surface area contributed by atoms with Crippen LogP contribution in [0, 0.1) is 11.3 Å². The molecule has 0 spiro atoms. The molecule has 1 aromatic heterocycles. The Hall–Kier alpha value is -3.51. The standard InChI is InChI=1S/C28H31ClN6O2/c1-34(16-15-25(36)21-7-3-2-4-8-21)19-20-11-13-22(14-12-20)28(37)33-35(23-9-5-6-10-23)27-24(29)18-31-26(17-30)32-27/h2-4,7-8,11-14,18,23,25,36H,5-6,9-10,15-16,19H2,1H3,(H,33,37). The highest BCUT2D eigenvalue weighted by molar-refractivity contribution is 6.32. The van der Waals surface area contributed by atoms with Gasteiger partial charge in [0.1, 0.15) is 11.1 Å². The Morgan fingerprint density at radius 3 is 2.57 bits per heavy atom. The largest absolute Gasteiger partial charge is 0.388 e. The first-order valence-corrected chi connectivity index (χ1v) is 12.9. The Labute approximate surface area is 222 Å². The van der Waals surface area contributed by atoms with Crippen molar-refractivity contribution in [2.45, 2.75) is 50.8 Å². The van der Waals surface area contributed by atoms with Crippen LogP contribution in [0.3, 0.4) is 0 Å². The average molecular weight is 519 g/mol. The van der Waals surface area contributed by atoms with Gasteiger partial charge in [-0.2, -0.15) is 10.2 Å². The zero-order valence-electron chi connectivity index (χ0n) is 20.8. The highest BCUT2D eigenvalue weighted by Gasteiger charge is 2.28. The lowest BCUT2D eigenvalue weighted by atomic mass is 10.1. The van der Waals surface area contributed by atoms with Gasteiger partial charge in [-0.15, -0.1) is 0 Å². The molecule has 1 heterocycles. The first-order valence-electron chi connectivity index (χ1n) is 12.5. The van der Waals surface area contributed by atoms with Gasteiger partial charge in [-0.05, 0) is 49.6 Å². The topological polar surface area (TPSA) is 105 Å². The van der Waals surface area contributed by atoms with Crippen molar-refractivity contribution >= 4 is 23.3 Å². The fourth-order valence-electron chi connectivity index (χ4n) is 4.57. The number of benzene rings is 2. The van der Waals surface area contributed by atoms with Crippen LogP contribution in [0.15, 0.2) is 60.8 Å². The summed E-state index contributed by atoms with van der Waals surface area (Å²) in [7, 11) is 2.01. The van der Waals surface area contributed by atoms with Gasteiger partial charge in [-0.25, -0.2) is 4.98 Å². The van der Waals surface area contributed by atoms with E-state index in [9.17, 15) is 15.2 Å². The fraction of sp³-hybridized carbons (Fsp3) is 0.357. The van der Waals surface area contributed by atoms with E-state index >= 15 is 0 Å². The number of carbonyl (C=O) groups excluding carboxylic acids is 1. The summed E-state index contributed by atoms with van der Waals surface area (Å²) < 4.78 is 0.